The molecule has 3 rings (SSSR count). The molecule has 0 saturated carbocycles. The first-order valence-corrected chi connectivity index (χ1v) is 9.83. The highest BCUT2D eigenvalue weighted by molar-refractivity contribution is 5.85. The van der Waals surface area contributed by atoms with Gasteiger partial charge >= 0.3 is 6.09 Å². The van der Waals surface area contributed by atoms with E-state index in [0.717, 1.165) is 31.7 Å². The van der Waals surface area contributed by atoms with Gasteiger partial charge in [-0.15, -0.1) is 0 Å². The zero-order valence-corrected chi connectivity index (χ0v) is 17.4. The molecule has 0 aromatic heterocycles. The minimum atomic E-state index is -0.397. The average molecular weight is 382 g/mol. The highest BCUT2D eigenvalue weighted by atomic mass is 16.5. The maximum absolute atomic E-state index is 12.2. The maximum Gasteiger partial charge on any atom is 0.411 e. The lowest BCUT2D eigenvalue weighted by Gasteiger charge is -2.27. The van der Waals surface area contributed by atoms with E-state index in [2.05, 4.69) is 65.4 Å². The Morgan fingerprint density at radius 1 is 1.18 bits per heavy atom. The van der Waals surface area contributed by atoms with E-state index in [1.807, 2.05) is 26.2 Å². The number of hydrogen-bond acceptors (Lipinski definition) is 4. The summed E-state index contributed by atoms with van der Waals surface area (Å²) in [6.45, 7) is 7.33. The molecule has 28 heavy (non-hydrogen) atoms. The van der Waals surface area contributed by atoms with Gasteiger partial charge in [0, 0.05) is 36.4 Å². The third-order valence-corrected chi connectivity index (χ3v) is 4.87. The minimum Gasteiger partial charge on any atom is -0.449 e. The molecular weight excluding hydrogens is 350 g/mol. The number of benzene rings is 2. The molecule has 5 heteroatoms. The van der Waals surface area contributed by atoms with E-state index in [1.54, 1.807) is 0 Å². The van der Waals surface area contributed by atoms with E-state index in [0.29, 0.717) is 6.61 Å². The summed E-state index contributed by atoms with van der Waals surface area (Å²) in [6.07, 6.45) is 0.591. The second-order valence-electron chi connectivity index (χ2n) is 8.60. The SMILES string of the molecule is CN(C)CC(C)(C)COC(=O)Nc1ccc2c(c1)CCN2Cc1ccccc1. The molecule has 0 spiro atoms. The number of fused-ring (bicyclic) bond motifs is 1. The Balaban J connectivity index is 1.56. The van der Waals surface area contributed by atoms with E-state index < -0.39 is 6.09 Å². The molecule has 0 radical (unpaired) electrons. The van der Waals surface area contributed by atoms with Gasteiger partial charge < -0.3 is 14.5 Å². The van der Waals surface area contributed by atoms with Crippen LogP contribution in [0.2, 0.25) is 0 Å². The maximum atomic E-state index is 12.2. The van der Waals surface area contributed by atoms with Crippen molar-refractivity contribution >= 4 is 17.5 Å². The number of hydrogen-bond donors (Lipinski definition) is 1. The van der Waals surface area contributed by atoms with Gasteiger partial charge in [-0.3, -0.25) is 5.32 Å². The lowest BCUT2D eigenvalue weighted by molar-refractivity contribution is 0.0931. The summed E-state index contributed by atoms with van der Waals surface area (Å²) < 4.78 is 5.44. The highest BCUT2D eigenvalue weighted by Crippen LogP contribution is 2.31. The summed E-state index contributed by atoms with van der Waals surface area (Å²) >= 11 is 0. The fraction of sp³-hybridized carbons (Fsp3) is 0.435. The van der Waals surface area contributed by atoms with Crippen LogP contribution in [0.3, 0.4) is 0 Å². The molecule has 2 aromatic carbocycles. The van der Waals surface area contributed by atoms with Crippen molar-refractivity contribution in [2.45, 2.75) is 26.8 Å². The van der Waals surface area contributed by atoms with Crippen molar-refractivity contribution in [3.8, 4) is 0 Å². The van der Waals surface area contributed by atoms with Crippen molar-refractivity contribution in [3.05, 3.63) is 59.7 Å². The molecule has 2 aromatic rings. The van der Waals surface area contributed by atoms with Crippen molar-refractivity contribution in [1.29, 1.82) is 0 Å². The summed E-state index contributed by atoms with van der Waals surface area (Å²) in [5.74, 6) is 0. The minimum absolute atomic E-state index is 0.0866. The molecule has 1 N–H and O–H groups in total. The molecule has 150 valence electrons. The standard InChI is InChI=1S/C23H31N3O2/c1-23(2,16-25(3)4)17-28-22(27)24-20-10-11-21-19(14-20)12-13-26(21)15-18-8-6-5-7-9-18/h5-11,14H,12-13,15-17H2,1-4H3,(H,24,27). The van der Waals surface area contributed by atoms with E-state index in [-0.39, 0.29) is 5.41 Å². The Morgan fingerprint density at radius 3 is 2.64 bits per heavy atom. The molecule has 0 bridgehead atoms. The van der Waals surface area contributed by atoms with Crippen LogP contribution < -0.4 is 10.2 Å². The van der Waals surface area contributed by atoms with E-state index in [1.165, 1.54) is 16.8 Å². The van der Waals surface area contributed by atoms with Gasteiger partial charge in [0.05, 0.1) is 6.61 Å². The molecule has 0 atom stereocenters. The number of anilines is 2. The smallest absolute Gasteiger partial charge is 0.411 e. The summed E-state index contributed by atoms with van der Waals surface area (Å²) in [5, 5.41) is 2.87. The van der Waals surface area contributed by atoms with Crippen molar-refractivity contribution in [3.63, 3.8) is 0 Å². The third kappa shape index (κ3) is 5.49. The highest BCUT2D eigenvalue weighted by Gasteiger charge is 2.22. The summed E-state index contributed by atoms with van der Waals surface area (Å²) in [6, 6.07) is 16.6. The fourth-order valence-corrected chi connectivity index (χ4v) is 3.83. The Morgan fingerprint density at radius 2 is 1.93 bits per heavy atom. The largest absolute Gasteiger partial charge is 0.449 e. The topological polar surface area (TPSA) is 44.8 Å². The van der Waals surface area contributed by atoms with E-state index in [4.69, 9.17) is 4.74 Å². The quantitative estimate of drug-likeness (QED) is 0.773. The number of nitrogens with zero attached hydrogens (tertiary/aromatic N) is 2. The number of amides is 1. The van der Waals surface area contributed by atoms with Crippen molar-refractivity contribution in [2.75, 3.05) is 44.0 Å². The van der Waals surface area contributed by atoms with Gasteiger partial charge in [0.1, 0.15) is 0 Å². The monoisotopic (exact) mass is 381 g/mol. The molecule has 1 aliphatic heterocycles. The van der Waals surface area contributed by atoms with Crippen LogP contribution in [0.4, 0.5) is 16.2 Å². The van der Waals surface area contributed by atoms with Crippen LogP contribution in [0.5, 0.6) is 0 Å². The van der Waals surface area contributed by atoms with Crippen LogP contribution in [0.1, 0.15) is 25.0 Å². The fourth-order valence-electron chi connectivity index (χ4n) is 3.83. The third-order valence-electron chi connectivity index (χ3n) is 4.87. The summed E-state index contributed by atoms with van der Waals surface area (Å²) in [7, 11) is 4.04. The van der Waals surface area contributed by atoms with Crippen LogP contribution in [-0.4, -0.2) is 44.8 Å². The van der Waals surface area contributed by atoms with Gasteiger partial charge in [-0.1, -0.05) is 44.2 Å². The summed E-state index contributed by atoms with van der Waals surface area (Å²) in [4.78, 5) is 16.7. The molecule has 1 amide bonds. The Kier molecular flexibility index (Phi) is 6.25. The molecule has 0 saturated heterocycles. The Labute approximate surface area is 168 Å². The number of ether oxygens (including phenoxy) is 1. The molecule has 5 nitrogen and oxygen atoms in total. The van der Waals surface area contributed by atoms with Gasteiger partial charge in [0.2, 0.25) is 0 Å². The van der Waals surface area contributed by atoms with Crippen LogP contribution in [0.25, 0.3) is 0 Å². The number of carbonyl (C=O) groups is 1. The van der Waals surface area contributed by atoms with Crippen molar-refractivity contribution < 1.29 is 9.53 Å². The van der Waals surface area contributed by atoms with Gasteiger partial charge in [-0.25, -0.2) is 4.79 Å². The van der Waals surface area contributed by atoms with E-state index >= 15 is 0 Å². The molecule has 1 heterocycles. The first-order chi connectivity index (χ1) is 13.3. The zero-order valence-electron chi connectivity index (χ0n) is 17.4. The lowest BCUT2D eigenvalue weighted by atomic mass is 9.94. The lowest BCUT2D eigenvalue weighted by Crippen LogP contribution is -2.34. The Hall–Kier alpha value is -2.53. The summed E-state index contributed by atoms with van der Waals surface area (Å²) in [5.41, 5.74) is 4.52. The van der Waals surface area contributed by atoms with Gasteiger partial charge in [-0.2, -0.15) is 0 Å². The van der Waals surface area contributed by atoms with E-state index in [9.17, 15) is 4.79 Å². The molecule has 0 unspecified atom stereocenters. The predicted molar refractivity (Wildman–Crippen MR) is 115 cm³/mol. The van der Waals surface area contributed by atoms with Gasteiger partial charge in [0.15, 0.2) is 0 Å². The average Bonchev–Trinajstić information content (AvgIpc) is 3.02. The normalized spacial score (nSPS) is 13.5. The molecule has 0 fully saturated rings. The first-order valence-electron chi connectivity index (χ1n) is 9.83. The van der Waals surface area contributed by atoms with Gasteiger partial charge in [0.25, 0.3) is 0 Å². The van der Waals surface area contributed by atoms with Crippen molar-refractivity contribution in [2.24, 2.45) is 5.41 Å². The van der Waals surface area contributed by atoms with Gasteiger partial charge in [-0.05, 0) is 49.8 Å². The van der Waals surface area contributed by atoms with Crippen molar-refractivity contribution in [1.82, 2.24) is 4.90 Å². The number of rotatable bonds is 7. The van der Waals surface area contributed by atoms with Crippen LogP contribution in [0, 0.1) is 5.41 Å². The molecular formula is C23H31N3O2. The zero-order chi connectivity index (χ0) is 20.1. The second-order valence-corrected chi connectivity index (χ2v) is 8.60. The number of carbonyl (C=O) groups excluding carboxylic acids is 1. The molecule has 1 aliphatic rings. The second kappa shape index (κ2) is 8.65. The van der Waals surface area contributed by atoms with Crippen LogP contribution in [-0.2, 0) is 17.7 Å². The first kappa shape index (κ1) is 20.2. The molecule has 0 aliphatic carbocycles. The predicted octanol–water partition coefficient (Wildman–Crippen LogP) is 4.39. The van der Waals surface area contributed by atoms with Crippen LogP contribution in [0.15, 0.2) is 48.5 Å². The Bertz CT molecular complexity index is 803. The number of nitrogens with one attached hydrogen (secondary N) is 1. The van der Waals surface area contributed by atoms with Crippen LogP contribution >= 0.6 is 0 Å².